The molecule has 0 fully saturated rings. The van der Waals surface area contributed by atoms with Gasteiger partial charge in [0.2, 0.25) is 0 Å². The third kappa shape index (κ3) is 8.22. The molecule has 4 heteroatoms. The average Bonchev–Trinajstić information content (AvgIpc) is 2.71. The van der Waals surface area contributed by atoms with E-state index in [0.29, 0.717) is 0 Å². The van der Waals surface area contributed by atoms with Crippen LogP contribution in [0.2, 0.25) is 0 Å². The van der Waals surface area contributed by atoms with E-state index >= 15 is 0 Å². The minimum Gasteiger partial charge on any atom is -0.496 e. The zero-order valence-electron chi connectivity index (χ0n) is 20.7. The highest BCUT2D eigenvalue weighted by Gasteiger charge is 2.13. The molecule has 0 N–H and O–H groups in total. The normalized spacial score (nSPS) is 14.0. The number of esters is 1. The first kappa shape index (κ1) is 26.4. The quantitative estimate of drug-likeness (QED) is 0.190. The highest BCUT2D eigenvalue weighted by molar-refractivity contribution is 5.83. The summed E-state index contributed by atoms with van der Waals surface area (Å²) in [5.74, 6) is 0.609. The summed E-state index contributed by atoms with van der Waals surface area (Å²) in [4.78, 5) is 14.2. The molecule has 0 aliphatic heterocycles. The van der Waals surface area contributed by atoms with Crippen molar-refractivity contribution < 1.29 is 14.3 Å². The maximum absolute atomic E-state index is 12.1. The molecule has 4 nitrogen and oxygen atoms in total. The van der Waals surface area contributed by atoms with Gasteiger partial charge in [0.25, 0.3) is 0 Å². The van der Waals surface area contributed by atoms with Gasteiger partial charge in [0.15, 0.2) is 6.23 Å². The van der Waals surface area contributed by atoms with E-state index in [1.54, 1.807) is 7.11 Å². The number of benzene rings is 1. The highest BCUT2D eigenvalue weighted by Crippen LogP contribution is 2.28. The molecule has 0 saturated carbocycles. The van der Waals surface area contributed by atoms with Crippen molar-refractivity contribution in [2.45, 2.75) is 61.6 Å². The Balaban J connectivity index is 2.80. The van der Waals surface area contributed by atoms with Crippen LogP contribution in [0.1, 0.15) is 56.9 Å². The fourth-order valence-corrected chi connectivity index (χ4v) is 3.40. The van der Waals surface area contributed by atoms with Crippen molar-refractivity contribution in [1.82, 2.24) is 4.90 Å². The number of allylic oxidation sites excluding steroid dienone is 6. The molecule has 0 bridgehead atoms. The van der Waals surface area contributed by atoms with Gasteiger partial charge in [0.1, 0.15) is 5.75 Å². The van der Waals surface area contributed by atoms with E-state index in [0.717, 1.165) is 35.5 Å². The van der Waals surface area contributed by atoms with Crippen LogP contribution in [0, 0.1) is 20.8 Å². The van der Waals surface area contributed by atoms with Gasteiger partial charge >= 0.3 is 5.97 Å². The van der Waals surface area contributed by atoms with E-state index in [2.05, 4.69) is 64.7 Å². The molecular formula is C27H39NO3. The third-order valence-corrected chi connectivity index (χ3v) is 5.52. The number of hydrogen-bond donors (Lipinski definition) is 0. The van der Waals surface area contributed by atoms with Gasteiger partial charge in [-0.25, -0.2) is 4.79 Å². The molecule has 31 heavy (non-hydrogen) atoms. The number of carbonyl (C=O) groups excluding carboxylic acids is 1. The van der Waals surface area contributed by atoms with Crippen LogP contribution in [0.15, 0.2) is 47.6 Å². The summed E-state index contributed by atoms with van der Waals surface area (Å²) in [5, 5.41) is 0. The molecule has 1 aromatic rings. The van der Waals surface area contributed by atoms with E-state index in [1.807, 2.05) is 32.1 Å². The van der Waals surface area contributed by atoms with Gasteiger partial charge in [0, 0.05) is 6.08 Å². The van der Waals surface area contributed by atoms with Gasteiger partial charge in [0.05, 0.1) is 7.11 Å². The summed E-state index contributed by atoms with van der Waals surface area (Å²) in [5.41, 5.74) is 6.77. The summed E-state index contributed by atoms with van der Waals surface area (Å²) in [6, 6.07) is 2.08. The van der Waals surface area contributed by atoms with Crippen LogP contribution in [0.25, 0.3) is 6.08 Å². The Labute approximate surface area is 188 Å². The Morgan fingerprint density at radius 2 is 1.71 bits per heavy atom. The monoisotopic (exact) mass is 425 g/mol. The van der Waals surface area contributed by atoms with Crippen LogP contribution < -0.4 is 4.74 Å². The Morgan fingerprint density at radius 1 is 1.06 bits per heavy atom. The van der Waals surface area contributed by atoms with Crippen molar-refractivity contribution >= 4 is 12.0 Å². The lowest BCUT2D eigenvalue weighted by atomic mass is 9.96. The van der Waals surface area contributed by atoms with Gasteiger partial charge < -0.3 is 9.47 Å². The van der Waals surface area contributed by atoms with Gasteiger partial charge in [-0.2, -0.15) is 0 Å². The van der Waals surface area contributed by atoms with E-state index < -0.39 is 0 Å². The Hall–Kier alpha value is -2.59. The topological polar surface area (TPSA) is 38.8 Å². The molecule has 0 spiro atoms. The first-order chi connectivity index (χ1) is 14.6. The van der Waals surface area contributed by atoms with Gasteiger partial charge in [-0.1, -0.05) is 49.8 Å². The largest absolute Gasteiger partial charge is 0.496 e. The zero-order valence-corrected chi connectivity index (χ0v) is 20.7. The second-order valence-corrected chi connectivity index (χ2v) is 7.81. The van der Waals surface area contributed by atoms with Crippen molar-refractivity contribution in [2.75, 3.05) is 20.2 Å². The van der Waals surface area contributed by atoms with Crippen LogP contribution in [-0.4, -0.2) is 37.3 Å². The molecule has 170 valence electrons. The third-order valence-electron chi connectivity index (χ3n) is 5.52. The number of ether oxygens (including phenoxy) is 2. The number of nitrogens with zero attached hydrogens (tertiary/aromatic N) is 1. The number of aryl methyl sites for hydroxylation is 1. The second kappa shape index (κ2) is 13.0. The lowest BCUT2D eigenvalue weighted by Crippen LogP contribution is -2.36. The van der Waals surface area contributed by atoms with Crippen molar-refractivity contribution in [3.63, 3.8) is 0 Å². The first-order valence-electron chi connectivity index (χ1n) is 10.9. The maximum Gasteiger partial charge on any atom is 0.332 e. The van der Waals surface area contributed by atoms with Crippen molar-refractivity contribution in [1.29, 1.82) is 0 Å². The SMILES string of the molecule is CCN(CC)C(C)OC(=O)C=C(C)C=CC=C(C)C=Cc1c(C)cc(OC)c(C)c1C. The highest BCUT2D eigenvalue weighted by atomic mass is 16.6. The minimum atomic E-state index is -0.317. The summed E-state index contributed by atoms with van der Waals surface area (Å²) >= 11 is 0. The van der Waals surface area contributed by atoms with E-state index in [9.17, 15) is 4.79 Å². The summed E-state index contributed by atoms with van der Waals surface area (Å²) in [7, 11) is 1.71. The summed E-state index contributed by atoms with van der Waals surface area (Å²) < 4.78 is 10.9. The fraction of sp³-hybridized carbons (Fsp3) is 0.444. The number of hydrogen-bond acceptors (Lipinski definition) is 4. The van der Waals surface area contributed by atoms with E-state index in [1.165, 1.54) is 22.8 Å². The molecule has 1 aromatic carbocycles. The molecule has 0 aromatic heterocycles. The molecule has 0 saturated heterocycles. The van der Waals surface area contributed by atoms with Crippen LogP contribution in [0.3, 0.4) is 0 Å². The summed E-state index contributed by atoms with van der Waals surface area (Å²) in [6.07, 6.45) is 11.4. The van der Waals surface area contributed by atoms with Crippen LogP contribution in [0.4, 0.5) is 0 Å². The molecule has 0 radical (unpaired) electrons. The van der Waals surface area contributed by atoms with Gasteiger partial charge in [-0.15, -0.1) is 0 Å². The predicted octanol–water partition coefficient (Wildman–Crippen LogP) is 6.31. The standard InChI is InChI=1S/C27H39NO3/c1-10-28(11-2)24(8)31-27(29)17-20(4)14-12-13-19(3)15-16-25-21(5)18-26(30-9)23(7)22(25)6/h12-18,24H,10-11H2,1-9H3. The van der Waals surface area contributed by atoms with E-state index in [-0.39, 0.29) is 12.2 Å². The number of carbonyl (C=O) groups is 1. The average molecular weight is 426 g/mol. The lowest BCUT2D eigenvalue weighted by molar-refractivity contribution is -0.151. The molecule has 0 aliphatic rings. The second-order valence-electron chi connectivity index (χ2n) is 7.81. The van der Waals surface area contributed by atoms with Crippen molar-refractivity contribution in [3.8, 4) is 5.75 Å². The maximum atomic E-state index is 12.1. The summed E-state index contributed by atoms with van der Waals surface area (Å²) in [6.45, 7) is 18.0. The fourth-order valence-electron chi connectivity index (χ4n) is 3.40. The van der Waals surface area contributed by atoms with Crippen LogP contribution in [-0.2, 0) is 9.53 Å². The molecule has 0 heterocycles. The van der Waals surface area contributed by atoms with Crippen LogP contribution in [0.5, 0.6) is 5.75 Å². The smallest absolute Gasteiger partial charge is 0.332 e. The minimum absolute atomic E-state index is 0.226. The predicted molar refractivity (Wildman–Crippen MR) is 131 cm³/mol. The number of methoxy groups -OCH3 is 1. The van der Waals surface area contributed by atoms with Crippen molar-refractivity contribution in [2.24, 2.45) is 0 Å². The van der Waals surface area contributed by atoms with Crippen molar-refractivity contribution in [3.05, 3.63) is 69.8 Å². The Kier molecular flexibility index (Phi) is 11.1. The Morgan fingerprint density at radius 3 is 2.29 bits per heavy atom. The van der Waals surface area contributed by atoms with Gasteiger partial charge in [-0.05, 0) is 88.5 Å². The van der Waals surface area contributed by atoms with Crippen LogP contribution >= 0.6 is 0 Å². The first-order valence-corrected chi connectivity index (χ1v) is 10.9. The molecule has 0 aliphatic carbocycles. The van der Waals surface area contributed by atoms with Gasteiger partial charge in [-0.3, -0.25) is 4.90 Å². The lowest BCUT2D eigenvalue weighted by Gasteiger charge is -2.25. The molecule has 1 unspecified atom stereocenters. The number of rotatable bonds is 10. The molecular weight excluding hydrogens is 386 g/mol. The molecule has 1 rings (SSSR count). The zero-order chi connectivity index (χ0) is 23.6. The van der Waals surface area contributed by atoms with E-state index in [4.69, 9.17) is 9.47 Å². The Bertz CT molecular complexity index is 871. The molecule has 0 amide bonds. The molecule has 1 atom stereocenters.